The maximum Gasteiger partial charge on any atom is 0.407 e. The highest BCUT2D eigenvalue weighted by atomic mass is 127. The zero-order valence-electron chi connectivity index (χ0n) is 18.5. The van der Waals surface area contributed by atoms with Crippen molar-refractivity contribution in [2.45, 2.75) is 18.4 Å². The molecule has 0 heterocycles. The van der Waals surface area contributed by atoms with E-state index < -0.39 is 24.0 Å². The van der Waals surface area contributed by atoms with Crippen LogP contribution < -0.4 is 10.6 Å². The van der Waals surface area contributed by atoms with Crippen LogP contribution in [0, 0.1) is 15.9 Å². The predicted octanol–water partition coefficient (Wildman–Crippen LogP) is 4.86. The Morgan fingerprint density at radius 1 is 1.03 bits per heavy atom. The molecule has 0 spiro atoms. The summed E-state index contributed by atoms with van der Waals surface area (Å²) in [5.74, 6) is 0.571. The smallest absolute Gasteiger partial charge is 0.407 e. The molecule has 7 nitrogen and oxygen atoms in total. The topological polar surface area (TPSA) is 105 Å². The summed E-state index contributed by atoms with van der Waals surface area (Å²) in [5.41, 5.74) is 4.69. The lowest BCUT2D eigenvalue weighted by molar-refractivity contribution is -0.118. The van der Waals surface area contributed by atoms with Crippen molar-refractivity contribution in [2.24, 2.45) is 0 Å². The van der Waals surface area contributed by atoms with Gasteiger partial charge in [-0.2, -0.15) is 0 Å². The van der Waals surface area contributed by atoms with Crippen LogP contribution >= 0.6 is 22.6 Å². The Bertz CT molecular complexity index is 1300. The monoisotopic (exact) mass is 580 g/mol. The number of carbonyl (C=O) groups is 3. The van der Waals surface area contributed by atoms with Crippen LogP contribution in [0.25, 0.3) is 11.1 Å². The van der Waals surface area contributed by atoms with Gasteiger partial charge in [-0.1, -0.05) is 48.5 Å². The molecule has 0 saturated carbocycles. The minimum absolute atomic E-state index is 0.0326. The summed E-state index contributed by atoms with van der Waals surface area (Å²) in [6.07, 6.45) is 4.57. The standard InChI is InChI=1S/C27H21IN2O5/c1-2-7-24(25(31)29-18-13-16(26(32)33)12-17(28)14-18)30-27(34)35-15-23-21-10-5-3-8-19(21)20-9-4-6-11-22(20)23/h1,3-6,8-14,23-24H,7,15H2,(H,29,31)(H,30,34)(H,32,33). The lowest BCUT2D eigenvalue weighted by atomic mass is 9.98. The third-order valence-corrected chi connectivity index (χ3v) is 6.31. The fourth-order valence-electron chi connectivity index (χ4n) is 4.12. The van der Waals surface area contributed by atoms with E-state index in [4.69, 9.17) is 11.2 Å². The van der Waals surface area contributed by atoms with Gasteiger partial charge in [-0.05, 0) is 63.0 Å². The molecule has 3 aromatic rings. The number of ether oxygens (including phenoxy) is 1. The summed E-state index contributed by atoms with van der Waals surface area (Å²) >= 11 is 1.96. The summed E-state index contributed by atoms with van der Waals surface area (Å²) in [7, 11) is 0. The molecule has 1 aliphatic rings. The molecule has 1 unspecified atom stereocenters. The average molecular weight is 580 g/mol. The molecule has 1 aliphatic carbocycles. The number of halogens is 1. The maximum absolute atomic E-state index is 12.8. The third-order valence-electron chi connectivity index (χ3n) is 5.69. The van der Waals surface area contributed by atoms with E-state index in [-0.39, 0.29) is 30.2 Å². The van der Waals surface area contributed by atoms with Crippen molar-refractivity contribution < 1.29 is 24.2 Å². The SMILES string of the molecule is C#CCC(NC(=O)OCC1c2ccccc2-c2ccccc21)C(=O)Nc1cc(I)cc(C(=O)O)c1. The number of fused-ring (bicyclic) bond motifs is 3. The number of carboxylic acids is 1. The zero-order valence-corrected chi connectivity index (χ0v) is 20.6. The van der Waals surface area contributed by atoms with Gasteiger partial charge in [0.05, 0.1) is 5.56 Å². The van der Waals surface area contributed by atoms with Crippen LogP contribution in [0.15, 0.2) is 66.7 Å². The van der Waals surface area contributed by atoms with Crippen LogP contribution in [-0.2, 0) is 9.53 Å². The molecule has 0 saturated heterocycles. The quantitative estimate of drug-likeness (QED) is 0.274. The van der Waals surface area contributed by atoms with Gasteiger partial charge in [0.2, 0.25) is 5.91 Å². The minimum atomic E-state index is -1.11. The van der Waals surface area contributed by atoms with Crippen molar-refractivity contribution in [3.63, 3.8) is 0 Å². The number of amides is 2. The van der Waals surface area contributed by atoms with Crippen molar-refractivity contribution in [2.75, 3.05) is 11.9 Å². The normalized spacial score (nSPS) is 12.6. The highest BCUT2D eigenvalue weighted by molar-refractivity contribution is 14.1. The summed E-state index contributed by atoms with van der Waals surface area (Å²) in [4.78, 5) is 36.7. The summed E-state index contributed by atoms with van der Waals surface area (Å²) < 4.78 is 6.14. The third kappa shape index (κ3) is 5.46. The summed E-state index contributed by atoms with van der Waals surface area (Å²) in [6, 6.07) is 19.3. The molecule has 8 heteroatoms. The Morgan fingerprint density at radius 3 is 2.26 bits per heavy atom. The fraction of sp³-hybridized carbons (Fsp3) is 0.148. The highest BCUT2D eigenvalue weighted by Crippen LogP contribution is 2.44. The van der Waals surface area contributed by atoms with E-state index in [2.05, 4.69) is 16.6 Å². The lowest BCUT2D eigenvalue weighted by Gasteiger charge is -2.18. The first-order chi connectivity index (χ1) is 16.9. The average Bonchev–Trinajstić information content (AvgIpc) is 3.16. The number of benzene rings is 3. The van der Waals surface area contributed by atoms with E-state index in [0.717, 1.165) is 22.3 Å². The second kappa shape index (κ2) is 10.6. The Labute approximate surface area is 216 Å². The molecule has 0 aliphatic heterocycles. The van der Waals surface area contributed by atoms with E-state index in [1.807, 2.05) is 71.1 Å². The number of carboxylic acid groups (broad SMARTS) is 1. The van der Waals surface area contributed by atoms with Gasteiger partial charge >= 0.3 is 12.1 Å². The second-order valence-electron chi connectivity index (χ2n) is 7.95. The van der Waals surface area contributed by atoms with Gasteiger partial charge in [-0.15, -0.1) is 12.3 Å². The lowest BCUT2D eigenvalue weighted by Crippen LogP contribution is -2.44. The number of hydrogen-bond donors (Lipinski definition) is 3. The molecular formula is C27H21IN2O5. The molecule has 2 amide bonds. The van der Waals surface area contributed by atoms with E-state index in [0.29, 0.717) is 3.57 Å². The van der Waals surface area contributed by atoms with Gasteiger partial charge < -0.3 is 20.5 Å². The van der Waals surface area contributed by atoms with Gasteiger partial charge in [0, 0.05) is 21.6 Å². The predicted molar refractivity (Wildman–Crippen MR) is 140 cm³/mol. The molecule has 3 N–H and O–H groups in total. The maximum atomic E-state index is 12.8. The molecule has 0 bridgehead atoms. The number of rotatable bonds is 7. The van der Waals surface area contributed by atoms with Crippen molar-refractivity contribution >= 4 is 46.2 Å². The zero-order chi connectivity index (χ0) is 24.9. The number of hydrogen-bond acceptors (Lipinski definition) is 4. The Hall–Kier alpha value is -3.84. The van der Waals surface area contributed by atoms with E-state index in [1.165, 1.54) is 12.1 Å². The van der Waals surface area contributed by atoms with Crippen molar-refractivity contribution in [3.8, 4) is 23.5 Å². The van der Waals surface area contributed by atoms with Crippen LogP contribution in [0.4, 0.5) is 10.5 Å². The largest absolute Gasteiger partial charge is 0.478 e. The van der Waals surface area contributed by atoms with Crippen LogP contribution in [0.2, 0.25) is 0 Å². The highest BCUT2D eigenvalue weighted by Gasteiger charge is 2.29. The molecule has 0 radical (unpaired) electrons. The van der Waals surface area contributed by atoms with Crippen LogP contribution in [0.1, 0.15) is 33.8 Å². The molecule has 4 rings (SSSR count). The molecule has 176 valence electrons. The molecular weight excluding hydrogens is 559 g/mol. The summed E-state index contributed by atoms with van der Waals surface area (Å²) in [5, 5.41) is 14.4. The van der Waals surface area contributed by atoms with E-state index in [9.17, 15) is 19.5 Å². The molecule has 35 heavy (non-hydrogen) atoms. The van der Waals surface area contributed by atoms with Crippen molar-refractivity contribution in [1.82, 2.24) is 5.32 Å². The molecule has 0 fully saturated rings. The molecule has 1 atom stereocenters. The number of alkyl carbamates (subject to hydrolysis) is 1. The number of aromatic carboxylic acids is 1. The number of anilines is 1. The van der Waals surface area contributed by atoms with Gasteiger partial charge in [0.25, 0.3) is 0 Å². The van der Waals surface area contributed by atoms with Gasteiger partial charge in [-0.25, -0.2) is 9.59 Å². The Kier molecular flexibility index (Phi) is 7.36. The first-order valence-corrected chi connectivity index (χ1v) is 11.8. The van der Waals surface area contributed by atoms with Crippen LogP contribution in [0.5, 0.6) is 0 Å². The Morgan fingerprint density at radius 2 is 1.66 bits per heavy atom. The van der Waals surface area contributed by atoms with Crippen LogP contribution in [-0.4, -0.2) is 35.7 Å². The van der Waals surface area contributed by atoms with Gasteiger partial charge in [0.15, 0.2) is 0 Å². The van der Waals surface area contributed by atoms with Crippen molar-refractivity contribution in [1.29, 1.82) is 0 Å². The van der Waals surface area contributed by atoms with Crippen molar-refractivity contribution in [3.05, 3.63) is 87.0 Å². The Balaban J connectivity index is 1.42. The number of carbonyl (C=O) groups excluding carboxylic acids is 2. The molecule has 0 aromatic heterocycles. The number of nitrogens with one attached hydrogen (secondary N) is 2. The van der Waals surface area contributed by atoms with Gasteiger partial charge in [-0.3, -0.25) is 4.79 Å². The van der Waals surface area contributed by atoms with Gasteiger partial charge in [0.1, 0.15) is 12.6 Å². The molecule has 3 aromatic carbocycles. The summed E-state index contributed by atoms with van der Waals surface area (Å²) in [6.45, 7) is 0.100. The minimum Gasteiger partial charge on any atom is -0.478 e. The second-order valence-corrected chi connectivity index (χ2v) is 9.20. The van der Waals surface area contributed by atoms with E-state index in [1.54, 1.807) is 6.07 Å². The fourth-order valence-corrected chi connectivity index (χ4v) is 4.80. The van der Waals surface area contributed by atoms with E-state index >= 15 is 0 Å². The van der Waals surface area contributed by atoms with Crippen LogP contribution in [0.3, 0.4) is 0 Å². The first kappa shape index (κ1) is 24.3. The first-order valence-electron chi connectivity index (χ1n) is 10.8. The number of terminal acetylenes is 1.